The standard InChI is InChI=1S/C15H20ClN5O4/c16-4-9-11(23)12(24)15(25-9)21-6-19-10-13(17-5-18-14(10)21)20-7-2-1-3-8(7)22/h5-9,11-12,15,22-24H,1-4H2,(H,17,18,20)/t7-,8-,9+,11+,12+,15?/m0/s1. The number of imidazole rings is 1. The lowest BCUT2D eigenvalue weighted by atomic mass is 10.1. The number of aliphatic hydroxyl groups is 3. The third kappa shape index (κ3) is 2.85. The van der Waals surface area contributed by atoms with Crippen LogP contribution in [-0.2, 0) is 4.74 Å². The number of aromatic nitrogens is 4. The second-order valence-corrected chi connectivity index (χ2v) is 6.80. The number of alkyl halides is 1. The normalized spacial score (nSPS) is 35.5. The zero-order chi connectivity index (χ0) is 17.6. The van der Waals surface area contributed by atoms with Gasteiger partial charge in [-0.15, -0.1) is 11.6 Å². The number of hydrogen-bond donors (Lipinski definition) is 4. The van der Waals surface area contributed by atoms with Gasteiger partial charge in [-0.1, -0.05) is 0 Å². The molecule has 2 aliphatic rings. The smallest absolute Gasteiger partial charge is 0.167 e. The van der Waals surface area contributed by atoms with Gasteiger partial charge in [0.15, 0.2) is 23.2 Å². The first-order valence-corrected chi connectivity index (χ1v) is 8.83. The van der Waals surface area contributed by atoms with Gasteiger partial charge in [0.1, 0.15) is 24.6 Å². The van der Waals surface area contributed by atoms with Crippen LogP contribution in [0.1, 0.15) is 25.5 Å². The fourth-order valence-corrected chi connectivity index (χ4v) is 3.77. The number of nitrogens with zero attached hydrogens (tertiary/aromatic N) is 4. The second-order valence-electron chi connectivity index (χ2n) is 6.50. The Balaban J connectivity index is 1.65. The van der Waals surface area contributed by atoms with Gasteiger partial charge in [-0.2, -0.15) is 0 Å². The maximum absolute atomic E-state index is 10.2. The van der Waals surface area contributed by atoms with E-state index in [0.29, 0.717) is 17.0 Å². The van der Waals surface area contributed by atoms with E-state index in [0.717, 1.165) is 19.3 Å². The third-order valence-corrected chi connectivity index (χ3v) is 5.23. The van der Waals surface area contributed by atoms with E-state index in [9.17, 15) is 15.3 Å². The van der Waals surface area contributed by atoms with E-state index >= 15 is 0 Å². The van der Waals surface area contributed by atoms with Crippen molar-refractivity contribution < 1.29 is 20.1 Å². The zero-order valence-electron chi connectivity index (χ0n) is 13.4. The highest BCUT2D eigenvalue weighted by Crippen LogP contribution is 2.33. The van der Waals surface area contributed by atoms with Crippen LogP contribution >= 0.6 is 11.6 Å². The molecule has 1 saturated heterocycles. The van der Waals surface area contributed by atoms with E-state index in [1.807, 2.05) is 0 Å². The monoisotopic (exact) mass is 369 g/mol. The maximum Gasteiger partial charge on any atom is 0.167 e. The average molecular weight is 370 g/mol. The first kappa shape index (κ1) is 16.9. The van der Waals surface area contributed by atoms with Crippen molar-refractivity contribution >= 4 is 28.6 Å². The van der Waals surface area contributed by atoms with E-state index in [1.54, 1.807) is 4.57 Å². The van der Waals surface area contributed by atoms with Crippen molar-refractivity contribution in [2.45, 2.75) is 55.9 Å². The van der Waals surface area contributed by atoms with E-state index in [4.69, 9.17) is 16.3 Å². The molecule has 10 heteroatoms. The van der Waals surface area contributed by atoms with Crippen molar-refractivity contribution in [3.63, 3.8) is 0 Å². The predicted octanol–water partition coefficient (Wildman–Crippen LogP) is 0.00960. The Kier molecular flexibility index (Phi) is 4.50. The number of anilines is 1. The molecule has 6 atom stereocenters. The molecule has 0 bridgehead atoms. The summed E-state index contributed by atoms with van der Waals surface area (Å²) in [5.41, 5.74) is 0.984. The minimum Gasteiger partial charge on any atom is -0.391 e. The molecule has 3 heterocycles. The van der Waals surface area contributed by atoms with Crippen LogP contribution in [0.4, 0.5) is 5.82 Å². The van der Waals surface area contributed by atoms with Crippen molar-refractivity contribution in [3.8, 4) is 0 Å². The summed E-state index contributed by atoms with van der Waals surface area (Å²) < 4.78 is 7.21. The largest absolute Gasteiger partial charge is 0.391 e. The van der Waals surface area contributed by atoms with E-state index in [1.165, 1.54) is 12.7 Å². The van der Waals surface area contributed by atoms with Crippen LogP contribution in [0.2, 0.25) is 0 Å². The Morgan fingerprint density at radius 3 is 2.72 bits per heavy atom. The van der Waals surface area contributed by atoms with Gasteiger partial charge in [0.05, 0.1) is 24.4 Å². The molecule has 2 aromatic heterocycles. The quantitative estimate of drug-likeness (QED) is 0.555. The molecule has 2 fully saturated rings. The van der Waals surface area contributed by atoms with E-state index in [2.05, 4.69) is 20.3 Å². The van der Waals surface area contributed by atoms with Crippen molar-refractivity contribution in [1.29, 1.82) is 0 Å². The van der Waals surface area contributed by atoms with Crippen molar-refractivity contribution in [2.75, 3.05) is 11.2 Å². The van der Waals surface area contributed by atoms with Crippen LogP contribution in [0.3, 0.4) is 0 Å². The molecule has 1 saturated carbocycles. The van der Waals surface area contributed by atoms with Crippen LogP contribution in [0.25, 0.3) is 11.2 Å². The van der Waals surface area contributed by atoms with E-state index < -0.39 is 30.6 Å². The molecule has 0 amide bonds. The average Bonchev–Trinajstić information content (AvgIpc) is 3.29. The summed E-state index contributed by atoms with van der Waals surface area (Å²) in [5.74, 6) is 0.597. The van der Waals surface area contributed by atoms with Crippen LogP contribution in [0.15, 0.2) is 12.7 Å². The number of fused-ring (bicyclic) bond motifs is 1. The van der Waals surface area contributed by atoms with Gasteiger partial charge in [-0.25, -0.2) is 15.0 Å². The molecule has 0 aromatic carbocycles. The highest BCUT2D eigenvalue weighted by Gasteiger charge is 2.44. The first-order valence-electron chi connectivity index (χ1n) is 8.30. The molecule has 0 radical (unpaired) electrons. The maximum atomic E-state index is 10.2. The molecule has 2 aromatic rings. The predicted molar refractivity (Wildman–Crippen MR) is 89.2 cm³/mol. The van der Waals surface area contributed by atoms with Gasteiger partial charge in [-0.3, -0.25) is 4.57 Å². The fraction of sp³-hybridized carbons (Fsp3) is 0.667. The van der Waals surface area contributed by atoms with Crippen LogP contribution in [0.5, 0.6) is 0 Å². The summed E-state index contributed by atoms with van der Waals surface area (Å²) in [6, 6.07) is -0.0704. The molecule has 1 unspecified atom stereocenters. The number of hydrogen-bond acceptors (Lipinski definition) is 8. The molecular weight excluding hydrogens is 350 g/mol. The summed E-state index contributed by atoms with van der Waals surface area (Å²) in [6.45, 7) is 0. The minimum absolute atomic E-state index is 0.0704. The second kappa shape index (κ2) is 6.65. The SMILES string of the molecule is O[C@@H]1[C@@H](CCl)OC(n2cnc3c(N[C@H]4CCC[C@@H]4O)ncnc32)[C@@H]1O. The van der Waals surface area contributed by atoms with E-state index in [-0.39, 0.29) is 11.9 Å². The summed E-state index contributed by atoms with van der Waals surface area (Å²) >= 11 is 5.77. The van der Waals surface area contributed by atoms with Crippen LogP contribution < -0.4 is 5.32 Å². The third-order valence-electron chi connectivity index (χ3n) is 4.92. The highest BCUT2D eigenvalue weighted by molar-refractivity contribution is 6.18. The summed E-state index contributed by atoms with van der Waals surface area (Å²) in [4.78, 5) is 12.8. The van der Waals surface area contributed by atoms with Crippen molar-refractivity contribution in [2.24, 2.45) is 0 Å². The zero-order valence-corrected chi connectivity index (χ0v) is 14.1. The topological polar surface area (TPSA) is 126 Å². The van der Waals surface area contributed by atoms with Crippen molar-refractivity contribution in [3.05, 3.63) is 12.7 Å². The molecule has 9 nitrogen and oxygen atoms in total. The number of nitrogens with one attached hydrogen (secondary N) is 1. The lowest BCUT2D eigenvalue weighted by Gasteiger charge is -2.18. The Morgan fingerprint density at radius 2 is 2.04 bits per heavy atom. The Labute approximate surface area is 148 Å². The summed E-state index contributed by atoms with van der Waals surface area (Å²) in [6.07, 6.45) is 1.36. The van der Waals surface area contributed by atoms with Crippen LogP contribution in [-0.4, -0.2) is 71.2 Å². The fourth-order valence-electron chi connectivity index (χ4n) is 3.51. The highest BCUT2D eigenvalue weighted by atomic mass is 35.5. The molecule has 136 valence electrons. The van der Waals surface area contributed by atoms with Crippen molar-refractivity contribution in [1.82, 2.24) is 19.5 Å². The molecule has 4 N–H and O–H groups in total. The van der Waals surface area contributed by atoms with Gasteiger partial charge in [0.25, 0.3) is 0 Å². The van der Waals surface area contributed by atoms with Gasteiger partial charge < -0.3 is 25.4 Å². The molecule has 1 aliphatic carbocycles. The molecule has 25 heavy (non-hydrogen) atoms. The van der Waals surface area contributed by atoms with Gasteiger partial charge in [-0.05, 0) is 19.3 Å². The minimum atomic E-state index is -1.14. The summed E-state index contributed by atoms with van der Waals surface area (Å²) in [7, 11) is 0. The Hall–Kier alpha value is -1.52. The lowest BCUT2D eigenvalue weighted by Crippen LogP contribution is -2.32. The van der Waals surface area contributed by atoms with Gasteiger partial charge in [0, 0.05) is 0 Å². The first-order chi connectivity index (χ1) is 12.1. The number of aliphatic hydroxyl groups excluding tert-OH is 3. The lowest BCUT2D eigenvalue weighted by molar-refractivity contribution is -0.0291. The van der Waals surface area contributed by atoms with Gasteiger partial charge >= 0.3 is 0 Å². The number of rotatable bonds is 4. The van der Waals surface area contributed by atoms with Gasteiger partial charge in [0.2, 0.25) is 0 Å². The molecule has 4 rings (SSSR count). The molecule has 0 spiro atoms. The number of halogens is 1. The molecule has 1 aliphatic heterocycles. The Morgan fingerprint density at radius 1 is 1.20 bits per heavy atom. The Bertz CT molecular complexity index is 759. The summed E-state index contributed by atoms with van der Waals surface area (Å²) in [5, 5.41) is 33.5. The van der Waals surface area contributed by atoms with Crippen LogP contribution in [0, 0.1) is 0 Å². The number of ether oxygens (including phenoxy) is 1. The molecular formula is C15H20ClN5O4.